The van der Waals surface area contributed by atoms with Crippen molar-refractivity contribution in [2.75, 3.05) is 20.3 Å². The molecule has 3 aromatic rings. The largest absolute Gasteiger partial charge is 0.488 e. The highest BCUT2D eigenvalue weighted by Crippen LogP contribution is 2.36. The maximum Gasteiger partial charge on any atom is 0.410 e. The lowest BCUT2D eigenvalue weighted by atomic mass is 10.0. The minimum atomic E-state index is -0.358. The highest BCUT2D eigenvalue weighted by molar-refractivity contribution is 7.09. The second-order valence-corrected chi connectivity index (χ2v) is 9.72. The molecule has 2 amide bonds. The van der Waals surface area contributed by atoms with E-state index < -0.39 is 0 Å². The number of nitrogens with zero attached hydrogens (tertiary/aromatic N) is 4. The van der Waals surface area contributed by atoms with Crippen LogP contribution in [0.4, 0.5) is 4.79 Å². The molecule has 12 heteroatoms. The van der Waals surface area contributed by atoms with E-state index in [1.54, 1.807) is 30.0 Å². The minimum absolute atomic E-state index is 0.0307. The fourth-order valence-corrected chi connectivity index (χ4v) is 5.05. The molecule has 5 rings (SSSR count). The first-order valence-corrected chi connectivity index (χ1v) is 12.6. The Morgan fingerprint density at radius 2 is 2.11 bits per heavy atom. The second kappa shape index (κ2) is 10.3. The summed E-state index contributed by atoms with van der Waals surface area (Å²) >= 11 is 7.14. The Morgan fingerprint density at radius 3 is 2.83 bits per heavy atom. The minimum Gasteiger partial charge on any atom is -0.488 e. The van der Waals surface area contributed by atoms with Crippen LogP contribution in [0.3, 0.4) is 0 Å². The number of carbonyl (C=O) groups excluding carboxylic acids is 2. The Labute approximate surface area is 216 Å². The third-order valence-corrected chi connectivity index (χ3v) is 7.15. The summed E-state index contributed by atoms with van der Waals surface area (Å²) in [6, 6.07) is 8.83. The van der Waals surface area contributed by atoms with E-state index in [1.165, 1.54) is 18.6 Å². The van der Waals surface area contributed by atoms with Gasteiger partial charge in [0.05, 0.1) is 13.2 Å². The van der Waals surface area contributed by atoms with Gasteiger partial charge in [-0.15, -0.1) is 0 Å². The van der Waals surface area contributed by atoms with Crippen LogP contribution in [0.5, 0.6) is 11.6 Å². The Hall–Kier alpha value is -3.44. The Bertz CT molecular complexity index is 1280. The fraction of sp³-hybridized carbons (Fsp3) is 0.375. The van der Waals surface area contributed by atoms with Crippen molar-refractivity contribution in [3.63, 3.8) is 0 Å². The predicted octanol–water partition coefficient (Wildman–Crippen LogP) is 3.86. The summed E-state index contributed by atoms with van der Waals surface area (Å²) in [5.74, 6) is 0.820. The molecular weight excluding hydrogens is 506 g/mol. The number of rotatable bonds is 7. The molecule has 2 saturated heterocycles. The molecule has 0 spiro atoms. The number of cyclic esters (lactones) is 1. The molecule has 2 atom stereocenters. The third kappa shape index (κ3) is 5.07. The van der Waals surface area contributed by atoms with Crippen molar-refractivity contribution in [1.29, 1.82) is 0 Å². The smallest absolute Gasteiger partial charge is 0.410 e. The maximum absolute atomic E-state index is 13.1. The number of piperidine rings is 1. The number of fused-ring (bicyclic) bond motifs is 1. The summed E-state index contributed by atoms with van der Waals surface area (Å²) in [7, 11) is 1.46. The molecule has 2 fully saturated rings. The van der Waals surface area contributed by atoms with Crippen LogP contribution in [0, 0.1) is 6.92 Å². The first-order chi connectivity index (χ1) is 17.4. The number of halogens is 1. The number of hydrogen-bond donors (Lipinski definition) is 1. The Morgan fingerprint density at radius 1 is 1.31 bits per heavy atom. The van der Waals surface area contributed by atoms with Crippen molar-refractivity contribution >= 4 is 35.1 Å². The molecule has 2 aliphatic rings. The molecular formula is C24H24ClN5O5S. The summed E-state index contributed by atoms with van der Waals surface area (Å²) in [5, 5.41) is 4.08. The first-order valence-electron chi connectivity index (χ1n) is 11.4. The van der Waals surface area contributed by atoms with Gasteiger partial charge in [-0.05, 0) is 36.2 Å². The van der Waals surface area contributed by atoms with Crippen molar-refractivity contribution in [2.24, 2.45) is 0 Å². The quantitative estimate of drug-likeness (QED) is 0.490. The summed E-state index contributed by atoms with van der Waals surface area (Å²) in [4.78, 5) is 35.8. The molecule has 4 heterocycles. The van der Waals surface area contributed by atoms with E-state index in [2.05, 4.69) is 19.7 Å². The number of aromatic nitrogens is 3. The van der Waals surface area contributed by atoms with Gasteiger partial charge in [-0.2, -0.15) is 4.37 Å². The molecule has 0 saturated carbocycles. The summed E-state index contributed by atoms with van der Waals surface area (Å²) in [6.07, 6.45) is 0.775. The molecule has 0 radical (unpaired) electrons. The standard InChI is InChI=1S/C24H24ClN5O5S/c1-13-27-23(36-29-13)20-19(35-17-7-8-30-16(9-17)12-34-24(30)32)10-18(22(28-20)33-2)21(31)26-11-14-3-5-15(25)6-4-14/h3-6,10,16-17H,7-9,11-12H2,1-2H3,(H,26,31)/t16-,17-/m0/s1. The Kier molecular flexibility index (Phi) is 6.92. The van der Waals surface area contributed by atoms with Gasteiger partial charge in [0.1, 0.15) is 35.5 Å². The number of carbonyl (C=O) groups is 2. The highest BCUT2D eigenvalue weighted by Gasteiger charge is 2.39. The summed E-state index contributed by atoms with van der Waals surface area (Å²) < 4.78 is 21.3. The van der Waals surface area contributed by atoms with E-state index in [4.69, 9.17) is 25.8 Å². The fourth-order valence-electron chi connectivity index (χ4n) is 4.26. The van der Waals surface area contributed by atoms with E-state index in [1.807, 2.05) is 12.1 Å². The maximum atomic E-state index is 13.1. The molecule has 2 aromatic heterocycles. The van der Waals surface area contributed by atoms with Gasteiger partial charge in [0.25, 0.3) is 5.91 Å². The summed E-state index contributed by atoms with van der Waals surface area (Å²) in [5.41, 5.74) is 1.59. The monoisotopic (exact) mass is 529 g/mol. The van der Waals surface area contributed by atoms with E-state index in [0.29, 0.717) is 59.8 Å². The number of ether oxygens (including phenoxy) is 3. The van der Waals surface area contributed by atoms with E-state index in [9.17, 15) is 9.59 Å². The molecule has 2 aliphatic heterocycles. The van der Waals surface area contributed by atoms with Gasteiger partial charge in [0.2, 0.25) is 5.88 Å². The lowest BCUT2D eigenvalue weighted by Gasteiger charge is -2.32. The molecule has 1 N–H and O–H groups in total. The molecule has 10 nitrogen and oxygen atoms in total. The summed E-state index contributed by atoms with van der Waals surface area (Å²) in [6.45, 7) is 2.99. The number of aryl methyl sites for hydroxylation is 1. The number of amides is 2. The van der Waals surface area contributed by atoms with Crippen molar-refractivity contribution < 1.29 is 23.8 Å². The third-order valence-electron chi connectivity index (χ3n) is 6.08. The normalized spacial score (nSPS) is 19.0. The van der Waals surface area contributed by atoms with Crippen molar-refractivity contribution in [3.8, 4) is 22.3 Å². The van der Waals surface area contributed by atoms with Gasteiger partial charge in [0.15, 0.2) is 5.01 Å². The van der Waals surface area contributed by atoms with Gasteiger partial charge < -0.3 is 24.4 Å². The SMILES string of the molecule is COc1nc(-c2nc(C)ns2)c(O[C@H]2CCN3C(=O)OC[C@@H]3C2)cc1C(=O)NCc1ccc(Cl)cc1. The van der Waals surface area contributed by atoms with Gasteiger partial charge in [-0.1, -0.05) is 23.7 Å². The van der Waals surface area contributed by atoms with E-state index >= 15 is 0 Å². The predicted molar refractivity (Wildman–Crippen MR) is 133 cm³/mol. The average molecular weight is 530 g/mol. The molecule has 0 aliphatic carbocycles. The number of hydrogen-bond acceptors (Lipinski definition) is 9. The van der Waals surface area contributed by atoms with Gasteiger partial charge >= 0.3 is 6.09 Å². The lowest BCUT2D eigenvalue weighted by Crippen LogP contribution is -2.44. The van der Waals surface area contributed by atoms with Crippen molar-refractivity contribution in [2.45, 2.75) is 38.5 Å². The first kappa shape index (κ1) is 24.3. The number of benzene rings is 1. The van der Waals surface area contributed by atoms with Crippen LogP contribution in [0.1, 0.15) is 34.6 Å². The molecule has 0 bridgehead atoms. The average Bonchev–Trinajstić information content (AvgIpc) is 3.48. The van der Waals surface area contributed by atoms with E-state index in [0.717, 1.165) is 5.56 Å². The van der Waals surface area contributed by atoms with Crippen molar-refractivity contribution in [1.82, 2.24) is 24.6 Å². The van der Waals surface area contributed by atoms with Crippen LogP contribution >= 0.6 is 23.1 Å². The van der Waals surface area contributed by atoms with Crippen LogP contribution in [-0.2, 0) is 11.3 Å². The zero-order valence-corrected chi connectivity index (χ0v) is 21.3. The zero-order valence-electron chi connectivity index (χ0n) is 19.7. The highest BCUT2D eigenvalue weighted by atomic mass is 35.5. The van der Waals surface area contributed by atoms with Crippen LogP contribution in [0.2, 0.25) is 5.02 Å². The Balaban J connectivity index is 1.42. The molecule has 36 heavy (non-hydrogen) atoms. The number of pyridine rings is 1. The van der Waals surface area contributed by atoms with Gasteiger partial charge in [-0.3, -0.25) is 4.79 Å². The zero-order chi connectivity index (χ0) is 25.2. The van der Waals surface area contributed by atoms with Crippen molar-refractivity contribution in [3.05, 3.63) is 52.3 Å². The van der Waals surface area contributed by atoms with E-state index in [-0.39, 0.29) is 35.6 Å². The molecule has 1 aromatic carbocycles. The van der Waals surface area contributed by atoms with Crippen LogP contribution in [0.15, 0.2) is 30.3 Å². The lowest BCUT2D eigenvalue weighted by molar-refractivity contribution is 0.0913. The number of nitrogens with one attached hydrogen (secondary N) is 1. The topological polar surface area (TPSA) is 116 Å². The number of methoxy groups -OCH3 is 1. The molecule has 0 unspecified atom stereocenters. The second-order valence-electron chi connectivity index (χ2n) is 8.54. The van der Waals surface area contributed by atoms with Gasteiger partial charge in [0, 0.05) is 37.0 Å². The van der Waals surface area contributed by atoms with Gasteiger partial charge in [-0.25, -0.2) is 14.8 Å². The van der Waals surface area contributed by atoms with Crippen LogP contribution < -0.4 is 14.8 Å². The van der Waals surface area contributed by atoms with Crippen LogP contribution in [0.25, 0.3) is 10.7 Å². The van der Waals surface area contributed by atoms with Crippen LogP contribution in [-0.4, -0.2) is 63.6 Å². The molecule has 188 valence electrons.